The quantitative estimate of drug-likeness (QED) is 0.675. The van der Waals surface area contributed by atoms with Crippen LogP contribution in [0.25, 0.3) is 10.8 Å². The maximum absolute atomic E-state index is 11.9. The van der Waals surface area contributed by atoms with Gasteiger partial charge in [-0.2, -0.15) is 0 Å². The molecule has 0 saturated heterocycles. The Morgan fingerprint density at radius 1 is 1.00 bits per heavy atom. The van der Waals surface area contributed by atoms with E-state index in [2.05, 4.69) is 10.9 Å². The number of carbonyl (C=O) groups is 2. The minimum atomic E-state index is -0.491. The monoisotopic (exact) mass is 300 g/mol. The van der Waals surface area contributed by atoms with Crippen molar-refractivity contribution in [2.45, 2.75) is 20.8 Å². The Morgan fingerprint density at radius 3 is 2.23 bits per heavy atom. The van der Waals surface area contributed by atoms with Crippen molar-refractivity contribution >= 4 is 28.3 Å². The topological polar surface area (TPSA) is 67.4 Å². The molecule has 2 rings (SSSR count). The molecule has 5 nitrogen and oxygen atoms in total. The van der Waals surface area contributed by atoms with E-state index in [9.17, 15) is 9.59 Å². The molecule has 22 heavy (non-hydrogen) atoms. The van der Waals surface area contributed by atoms with Gasteiger partial charge in [-0.3, -0.25) is 15.6 Å². The van der Waals surface area contributed by atoms with E-state index in [1.807, 2.05) is 45.0 Å². The Bertz CT molecular complexity index is 717. The first-order valence-electron chi connectivity index (χ1n) is 7.01. The van der Waals surface area contributed by atoms with Gasteiger partial charge in [0.2, 0.25) is 5.91 Å². The molecule has 0 unspecified atom stereocenters. The Labute approximate surface area is 129 Å². The van der Waals surface area contributed by atoms with Crippen molar-refractivity contribution in [1.29, 1.82) is 0 Å². The summed E-state index contributed by atoms with van der Waals surface area (Å²) in [4.78, 5) is 23.8. The molecule has 0 aliphatic heterocycles. The predicted molar refractivity (Wildman–Crippen MR) is 86.5 cm³/mol. The van der Waals surface area contributed by atoms with Gasteiger partial charge in [0.1, 0.15) is 0 Å². The number of methoxy groups -OCH3 is 1. The summed E-state index contributed by atoms with van der Waals surface area (Å²) in [7, 11) is 1.35. The highest BCUT2D eigenvalue weighted by Crippen LogP contribution is 2.27. The number of fused-ring (bicyclic) bond motifs is 1. The molecule has 5 heteroatoms. The average Bonchev–Trinajstić information content (AvgIpc) is 2.50. The van der Waals surface area contributed by atoms with Gasteiger partial charge in [-0.1, -0.05) is 45.0 Å². The molecule has 0 saturated carbocycles. The van der Waals surface area contributed by atoms with E-state index in [1.54, 1.807) is 12.1 Å². The van der Waals surface area contributed by atoms with Crippen LogP contribution in [0.3, 0.4) is 0 Å². The molecule has 0 fully saturated rings. The van der Waals surface area contributed by atoms with Crippen molar-refractivity contribution < 1.29 is 14.3 Å². The van der Waals surface area contributed by atoms with Crippen molar-refractivity contribution in [3.63, 3.8) is 0 Å². The molecule has 0 aliphatic rings. The molecule has 0 aromatic heterocycles. The molecule has 2 aromatic rings. The Morgan fingerprint density at radius 2 is 1.64 bits per heavy atom. The van der Waals surface area contributed by atoms with E-state index >= 15 is 0 Å². The normalized spacial score (nSPS) is 11.1. The minimum Gasteiger partial charge on any atom is -0.465 e. The number of carbonyl (C=O) groups excluding carboxylic acids is 2. The standard InChI is InChI=1S/C17H20N2O3/c1-17(2,3)16(21)19-18-14-10-9-13(15(20)22-4)11-7-5-6-8-12(11)14/h5-10,18H,1-4H3,(H,19,21). The molecular formula is C17H20N2O3. The van der Waals surface area contributed by atoms with Crippen LogP contribution in [0.4, 0.5) is 5.69 Å². The average molecular weight is 300 g/mol. The van der Waals surface area contributed by atoms with Gasteiger partial charge in [0.15, 0.2) is 0 Å². The molecule has 0 spiro atoms. The molecule has 0 bridgehead atoms. The SMILES string of the molecule is COC(=O)c1ccc(NNC(=O)C(C)(C)C)c2ccccc12. The van der Waals surface area contributed by atoms with Crippen molar-refractivity contribution in [3.05, 3.63) is 42.0 Å². The van der Waals surface area contributed by atoms with Crippen molar-refractivity contribution in [3.8, 4) is 0 Å². The number of rotatable bonds is 3. The zero-order valence-electron chi connectivity index (χ0n) is 13.2. The van der Waals surface area contributed by atoms with E-state index in [1.165, 1.54) is 7.11 Å². The Balaban J connectivity index is 2.37. The molecule has 0 radical (unpaired) electrons. The first kappa shape index (κ1) is 15.8. The number of benzene rings is 2. The van der Waals surface area contributed by atoms with Crippen molar-refractivity contribution in [1.82, 2.24) is 5.43 Å². The summed E-state index contributed by atoms with van der Waals surface area (Å²) in [5, 5.41) is 1.60. The second kappa shape index (κ2) is 6.05. The molecule has 0 atom stereocenters. The molecule has 1 amide bonds. The molecule has 2 N–H and O–H groups in total. The van der Waals surface area contributed by atoms with Crippen LogP contribution in [0.15, 0.2) is 36.4 Å². The molecule has 2 aromatic carbocycles. The Kier molecular flexibility index (Phi) is 4.35. The lowest BCUT2D eigenvalue weighted by Gasteiger charge is -2.19. The smallest absolute Gasteiger partial charge is 0.338 e. The summed E-state index contributed by atoms with van der Waals surface area (Å²) in [6, 6.07) is 10.9. The number of hydrazine groups is 1. The maximum atomic E-state index is 11.9. The third-order valence-corrected chi connectivity index (χ3v) is 3.32. The summed E-state index contributed by atoms with van der Waals surface area (Å²) >= 11 is 0. The Hall–Kier alpha value is -2.56. The van der Waals surface area contributed by atoms with Gasteiger partial charge in [-0.15, -0.1) is 0 Å². The lowest BCUT2D eigenvalue weighted by molar-refractivity contribution is -0.127. The lowest BCUT2D eigenvalue weighted by atomic mass is 9.96. The summed E-state index contributed by atoms with van der Waals surface area (Å²) in [6.45, 7) is 5.51. The predicted octanol–water partition coefficient (Wildman–Crippen LogP) is 3.12. The summed E-state index contributed by atoms with van der Waals surface area (Å²) < 4.78 is 4.80. The highest BCUT2D eigenvalue weighted by atomic mass is 16.5. The van der Waals surface area contributed by atoms with Crippen LogP contribution in [0, 0.1) is 5.41 Å². The fraction of sp³-hybridized carbons (Fsp3) is 0.294. The van der Waals surface area contributed by atoms with E-state index < -0.39 is 5.41 Å². The number of ether oxygens (including phenoxy) is 1. The second-order valence-electron chi connectivity index (χ2n) is 6.03. The van der Waals surface area contributed by atoms with E-state index in [0.29, 0.717) is 5.56 Å². The number of amides is 1. The fourth-order valence-electron chi connectivity index (χ4n) is 2.01. The fourth-order valence-corrected chi connectivity index (χ4v) is 2.01. The summed E-state index contributed by atoms with van der Waals surface area (Å²) in [5.41, 5.74) is 6.34. The molecular weight excluding hydrogens is 280 g/mol. The van der Waals surface area contributed by atoms with Crippen molar-refractivity contribution in [2.24, 2.45) is 5.41 Å². The summed E-state index contributed by atoms with van der Waals surface area (Å²) in [5.74, 6) is -0.505. The van der Waals surface area contributed by atoms with Crippen LogP contribution in [-0.2, 0) is 9.53 Å². The van der Waals surface area contributed by atoms with Crippen LogP contribution < -0.4 is 10.9 Å². The third-order valence-electron chi connectivity index (χ3n) is 3.32. The van der Waals surface area contributed by atoms with Gasteiger partial charge < -0.3 is 4.74 Å². The lowest BCUT2D eigenvalue weighted by Crippen LogP contribution is -2.38. The van der Waals surface area contributed by atoms with Gasteiger partial charge in [0.25, 0.3) is 0 Å². The van der Waals surface area contributed by atoms with Crippen molar-refractivity contribution in [2.75, 3.05) is 12.5 Å². The number of hydrogen-bond donors (Lipinski definition) is 2. The largest absolute Gasteiger partial charge is 0.465 e. The highest BCUT2D eigenvalue weighted by Gasteiger charge is 2.21. The highest BCUT2D eigenvalue weighted by molar-refractivity contribution is 6.08. The van der Waals surface area contributed by atoms with Gasteiger partial charge >= 0.3 is 5.97 Å². The summed E-state index contributed by atoms with van der Waals surface area (Å²) in [6.07, 6.45) is 0. The second-order valence-corrected chi connectivity index (χ2v) is 6.03. The van der Waals surface area contributed by atoms with E-state index in [0.717, 1.165) is 16.5 Å². The van der Waals surface area contributed by atoms with E-state index in [4.69, 9.17) is 4.74 Å². The zero-order valence-corrected chi connectivity index (χ0v) is 13.2. The van der Waals surface area contributed by atoms with Crippen LogP contribution in [0.5, 0.6) is 0 Å². The van der Waals surface area contributed by atoms with Crippen LogP contribution in [0.1, 0.15) is 31.1 Å². The third kappa shape index (κ3) is 3.19. The van der Waals surface area contributed by atoms with Gasteiger partial charge in [0.05, 0.1) is 18.4 Å². The number of anilines is 1. The van der Waals surface area contributed by atoms with Gasteiger partial charge in [-0.05, 0) is 17.5 Å². The molecule has 0 heterocycles. The number of esters is 1. The zero-order chi connectivity index (χ0) is 16.3. The van der Waals surface area contributed by atoms with Crippen LogP contribution in [0.2, 0.25) is 0 Å². The number of hydrogen-bond acceptors (Lipinski definition) is 4. The van der Waals surface area contributed by atoms with Gasteiger partial charge in [0, 0.05) is 10.8 Å². The molecule has 116 valence electrons. The van der Waals surface area contributed by atoms with E-state index in [-0.39, 0.29) is 11.9 Å². The first-order chi connectivity index (χ1) is 10.3. The number of nitrogens with one attached hydrogen (secondary N) is 2. The van der Waals surface area contributed by atoms with Crippen LogP contribution >= 0.6 is 0 Å². The first-order valence-corrected chi connectivity index (χ1v) is 7.01. The van der Waals surface area contributed by atoms with Crippen LogP contribution in [-0.4, -0.2) is 19.0 Å². The molecule has 0 aliphatic carbocycles. The maximum Gasteiger partial charge on any atom is 0.338 e. The van der Waals surface area contributed by atoms with Gasteiger partial charge in [-0.25, -0.2) is 4.79 Å². The minimum absolute atomic E-state index is 0.117.